The molecule has 2 heterocycles. The molecule has 1 aromatic rings. The summed E-state index contributed by atoms with van der Waals surface area (Å²) in [6.07, 6.45) is 2.08. The molecule has 3 rings (SSSR count). The van der Waals surface area contributed by atoms with Crippen molar-refractivity contribution >= 4 is 0 Å². The van der Waals surface area contributed by atoms with E-state index in [2.05, 4.69) is 10.2 Å². The highest BCUT2D eigenvalue weighted by Crippen LogP contribution is 2.38. The minimum atomic E-state index is -4.16. The topological polar surface area (TPSA) is 56.7 Å². The minimum absolute atomic E-state index is 0.0832. The second kappa shape index (κ2) is 5.26. The van der Waals surface area contributed by atoms with E-state index in [4.69, 9.17) is 5.73 Å². The Bertz CT molecular complexity index is 501. The molecule has 0 radical (unpaired) electrons. The maximum Gasteiger partial charge on any atom is 0.393 e. The highest BCUT2D eigenvalue weighted by Gasteiger charge is 2.44. The Morgan fingerprint density at radius 3 is 2.38 bits per heavy atom. The van der Waals surface area contributed by atoms with E-state index < -0.39 is 17.6 Å². The van der Waals surface area contributed by atoms with Gasteiger partial charge in [0, 0.05) is 13.0 Å². The Kier molecular flexibility index (Phi) is 3.71. The lowest BCUT2D eigenvalue weighted by Gasteiger charge is -2.31. The van der Waals surface area contributed by atoms with Gasteiger partial charge in [-0.2, -0.15) is 13.2 Å². The van der Waals surface area contributed by atoms with Crippen LogP contribution in [0.1, 0.15) is 56.6 Å². The number of hydrogen-bond acceptors (Lipinski definition) is 3. The summed E-state index contributed by atoms with van der Waals surface area (Å²) in [7, 11) is 0. The third-order valence-electron chi connectivity index (χ3n) is 4.85. The molecule has 0 aromatic carbocycles. The van der Waals surface area contributed by atoms with Crippen LogP contribution < -0.4 is 5.73 Å². The monoisotopic (exact) mass is 302 g/mol. The van der Waals surface area contributed by atoms with Crippen LogP contribution in [0.2, 0.25) is 0 Å². The van der Waals surface area contributed by atoms with Gasteiger partial charge in [0.1, 0.15) is 5.82 Å². The quantitative estimate of drug-likeness (QED) is 0.812. The van der Waals surface area contributed by atoms with E-state index in [0.717, 1.165) is 38.5 Å². The first kappa shape index (κ1) is 14.8. The molecule has 118 valence electrons. The van der Waals surface area contributed by atoms with Crippen LogP contribution in [0.4, 0.5) is 13.2 Å². The molecule has 1 atom stereocenters. The predicted molar refractivity (Wildman–Crippen MR) is 71.5 cm³/mol. The first-order chi connectivity index (χ1) is 9.90. The average molecular weight is 302 g/mol. The normalized spacial score (nSPS) is 26.2. The van der Waals surface area contributed by atoms with Gasteiger partial charge in [-0.25, -0.2) is 0 Å². The average Bonchev–Trinajstić information content (AvgIpc) is 2.73. The lowest BCUT2D eigenvalue weighted by atomic mass is 9.89. The van der Waals surface area contributed by atoms with Crippen LogP contribution in [0.25, 0.3) is 0 Å². The predicted octanol–water partition coefficient (Wildman–Crippen LogP) is 2.91. The van der Waals surface area contributed by atoms with Gasteiger partial charge in [-0.15, -0.1) is 10.2 Å². The summed E-state index contributed by atoms with van der Waals surface area (Å²) in [5.74, 6) is -0.0953. The molecule has 21 heavy (non-hydrogen) atoms. The third kappa shape index (κ3) is 2.80. The van der Waals surface area contributed by atoms with E-state index in [1.807, 2.05) is 0 Å². The number of halogens is 3. The Morgan fingerprint density at radius 2 is 1.76 bits per heavy atom. The second-order valence-corrected chi connectivity index (χ2v) is 6.40. The molecule has 1 unspecified atom stereocenters. The van der Waals surface area contributed by atoms with Crippen molar-refractivity contribution in [3.05, 3.63) is 11.6 Å². The Labute approximate surface area is 121 Å². The van der Waals surface area contributed by atoms with Gasteiger partial charge in [0.2, 0.25) is 0 Å². The van der Waals surface area contributed by atoms with Crippen molar-refractivity contribution in [1.82, 2.24) is 14.8 Å². The fraction of sp³-hybridized carbons (Fsp3) is 0.857. The summed E-state index contributed by atoms with van der Waals surface area (Å²) >= 11 is 0. The van der Waals surface area contributed by atoms with Gasteiger partial charge in [0.15, 0.2) is 5.82 Å². The Morgan fingerprint density at radius 1 is 1.10 bits per heavy atom. The molecule has 7 heteroatoms. The number of fused-ring (bicyclic) bond motifs is 1. The Balaban J connectivity index is 1.90. The zero-order valence-electron chi connectivity index (χ0n) is 12.0. The molecule has 1 aromatic heterocycles. The van der Waals surface area contributed by atoms with Crippen LogP contribution in [0.3, 0.4) is 0 Å². The first-order valence-electron chi connectivity index (χ1n) is 7.68. The molecule has 1 aliphatic heterocycles. The molecule has 0 bridgehead atoms. The standard InChI is InChI=1S/C14H21F3N4/c15-14(16,17)10-5-6-11-19-20-12(21(11)9-10)13(18)7-3-1-2-4-8-13/h10H,1-9,18H2. The van der Waals surface area contributed by atoms with Gasteiger partial charge in [0.05, 0.1) is 11.5 Å². The number of aromatic nitrogens is 3. The van der Waals surface area contributed by atoms with Gasteiger partial charge in [-0.3, -0.25) is 0 Å². The number of aryl methyl sites for hydroxylation is 1. The molecule has 2 N–H and O–H groups in total. The summed E-state index contributed by atoms with van der Waals surface area (Å²) in [4.78, 5) is 0. The molecule has 1 fully saturated rings. The van der Waals surface area contributed by atoms with E-state index in [-0.39, 0.29) is 13.0 Å². The van der Waals surface area contributed by atoms with E-state index in [1.54, 1.807) is 4.57 Å². The van der Waals surface area contributed by atoms with Crippen molar-refractivity contribution in [3.8, 4) is 0 Å². The molecule has 1 aliphatic carbocycles. The fourth-order valence-electron chi connectivity index (χ4n) is 3.55. The maximum absolute atomic E-state index is 13.0. The van der Waals surface area contributed by atoms with Crippen molar-refractivity contribution in [2.45, 2.75) is 69.6 Å². The van der Waals surface area contributed by atoms with Crippen LogP contribution in [-0.4, -0.2) is 20.9 Å². The highest BCUT2D eigenvalue weighted by molar-refractivity contribution is 5.11. The fourth-order valence-corrected chi connectivity index (χ4v) is 3.55. The smallest absolute Gasteiger partial charge is 0.319 e. The van der Waals surface area contributed by atoms with Gasteiger partial charge in [-0.05, 0) is 19.3 Å². The molecular formula is C14H21F3N4. The van der Waals surface area contributed by atoms with Crippen molar-refractivity contribution in [3.63, 3.8) is 0 Å². The number of nitrogens with two attached hydrogens (primary N) is 1. The zero-order chi connectivity index (χ0) is 15.1. The van der Waals surface area contributed by atoms with Gasteiger partial charge < -0.3 is 10.3 Å². The minimum Gasteiger partial charge on any atom is -0.319 e. The van der Waals surface area contributed by atoms with Crippen LogP contribution in [0, 0.1) is 5.92 Å². The van der Waals surface area contributed by atoms with Crippen molar-refractivity contribution in [2.24, 2.45) is 11.7 Å². The lowest BCUT2D eigenvalue weighted by molar-refractivity contribution is -0.182. The highest BCUT2D eigenvalue weighted by atomic mass is 19.4. The molecule has 2 aliphatic rings. The van der Waals surface area contributed by atoms with Crippen molar-refractivity contribution in [1.29, 1.82) is 0 Å². The van der Waals surface area contributed by atoms with Crippen LogP contribution >= 0.6 is 0 Å². The van der Waals surface area contributed by atoms with E-state index in [9.17, 15) is 13.2 Å². The number of nitrogens with zero attached hydrogens (tertiary/aromatic N) is 3. The summed E-state index contributed by atoms with van der Waals surface area (Å²) in [5, 5.41) is 8.26. The summed E-state index contributed by atoms with van der Waals surface area (Å²) in [6.45, 7) is -0.0832. The largest absolute Gasteiger partial charge is 0.393 e. The Hall–Kier alpha value is -1.11. The van der Waals surface area contributed by atoms with Gasteiger partial charge in [0.25, 0.3) is 0 Å². The number of alkyl halides is 3. The molecule has 1 saturated carbocycles. The summed E-state index contributed by atoms with van der Waals surface area (Å²) in [5.41, 5.74) is 5.88. The zero-order valence-corrected chi connectivity index (χ0v) is 12.0. The number of hydrogen-bond donors (Lipinski definition) is 1. The molecule has 0 saturated heterocycles. The second-order valence-electron chi connectivity index (χ2n) is 6.40. The van der Waals surface area contributed by atoms with Crippen molar-refractivity contribution < 1.29 is 13.2 Å². The molecular weight excluding hydrogens is 281 g/mol. The van der Waals surface area contributed by atoms with Crippen LogP contribution in [0.15, 0.2) is 0 Å². The van der Waals surface area contributed by atoms with Crippen LogP contribution in [-0.2, 0) is 18.5 Å². The van der Waals surface area contributed by atoms with Gasteiger partial charge >= 0.3 is 6.18 Å². The summed E-state index contributed by atoms with van der Waals surface area (Å²) < 4.78 is 40.6. The molecule has 0 spiro atoms. The maximum atomic E-state index is 13.0. The third-order valence-corrected chi connectivity index (χ3v) is 4.85. The van der Waals surface area contributed by atoms with Gasteiger partial charge in [-0.1, -0.05) is 25.7 Å². The first-order valence-corrected chi connectivity index (χ1v) is 7.68. The lowest BCUT2D eigenvalue weighted by Crippen LogP contribution is -2.41. The van der Waals surface area contributed by atoms with E-state index >= 15 is 0 Å². The van der Waals surface area contributed by atoms with Crippen LogP contribution in [0.5, 0.6) is 0 Å². The van der Waals surface area contributed by atoms with Crippen molar-refractivity contribution in [2.75, 3.05) is 0 Å². The molecule has 0 amide bonds. The van der Waals surface area contributed by atoms with E-state index in [1.165, 1.54) is 0 Å². The molecule has 4 nitrogen and oxygen atoms in total. The summed E-state index contributed by atoms with van der Waals surface area (Å²) in [6, 6.07) is 0. The SMILES string of the molecule is NC1(c2nnc3n2CC(C(F)(F)F)CC3)CCCCCC1. The number of rotatable bonds is 1. The van der Waals surface area contributed by atoms with E-state index in [0.29, 0.717) is 18.1 Å².